The molecule has 1 fully saturated rings. The molecule has 0 aliphatic carbocycles. The van der Waals surface area contributed by atoms with Gasteiger partial charge in [0.25, 0.3) is 5.91 Å². The van der Waals surface area contributed by atoms with Crippen molar-refractivity contribution < 1.29 is 18.7 Å². The Kier molecular flexibility index (Phi) is 6.52. The Balaban J connectivity index is 1.33. The minimum atomic E-state index is -0.196. The van der Waals surface area contributed by atoms with Crippen LogP contribution in [0.15, 0.2) is 47.1 Å². The summed E-state index contributed by atoms with van der Waals surface area (Å²) in [6.45, 7) is 3.88. The molecule has 0 radical (unpaired) electrons. The van der Waals surface area contributed by atoms with Crippen LogP contribution in [0, 0.1) is 6.92 Å². The van der Waals surface area contributed by atoms with Gasteiger partial charge in [-0.15, -0.1) is 0 Å². The van der Waals surface area contributed by atoms with Gasteiger partial charge in [-0.1, -0.05) is 18.2 Å². The summed E-state index contributed by atoms with van der Waals surface area (Å²) in [5, 5.41) is 2.97. The Morgan fingerprint density at radius 1 is 1.19 bits per heavy atom. The molecular weight excluding hydrogens is 344 g/mol. The van der Waals surface area contributed by atoms with Gasteiger partial charge in [-0.25, -0.2) is 0 Å². The second-order valence-corrected chi connectivity index (χ2v) is 6.82. The van der Waals surface area contributed by atoms with Crippen molar-refractivity contribution in [1.29, 1.82) is 0 Å². The van der Waals surface area contributed by atoms with E-state index in [1.165, 1.54) is 6.26 Å². The van der Waals surface area contributed by atoms with Crippen molar-refractivity contribution in [3.05, 3.63) is 54.0 Å². The first-order valence-electron chi connectivity index (χ1n) is 9.44. The number of para-hydroxylation sites is 1. The van der Waals surface area contributed by atoms with Crippen molar-refractivity contribution in [1.82, 2.24) is 10.2 Å². The van der Waals surface area contributed by atoms with E-state index < -0.39 is 0 Å². The molecule has 2 amide bonds. The van der Waals surface area contributed by atoms with Crippen molar-refractivity contribution in [3.8, 4) is 5.75 Å². The number of rotatable bonds is 7. The van der Waals surface area contributed by atoms with E-state index >= 15 is 0 Å². The maximum Gasteiger partial charge on any atom is 0.287 e. The quantitative estimate of drug-likeness (QED) is 0.760. The van der Waals surface area contributed by atoms with E-state index in [0.717, 1.165) is 24.2 Å². The van der Waals surface area contributed by atoms with Crippen molar-refractivity contribution >= 4 is 11.8 Å². The Labute approximate surface area is 159 Å². The van der Waals surface area contributed by atoms with E-state index in [1.54, 1.807) is 12.1 Å². The molecule has 0 unspecified atom stereocenters. The van der Waals surface area contributed by atoms with Crippen LogP contribution in [0.1, 0.15) is 41.8 Å². The first-order chi connectivity index (χ1) is 13.1. The lowest BCUT2D eigenvalue weighted by Gasteiger charge is -2.32. The Morgan fingerprint density at radius 2 is 1.96 bits per heavy atom. The molecule has 1 N–H and O–H groups in total. The van der Waals surface area contributed by atoms with Gasteiger partial charge in [-0.3, -0.25) is 9.59 Å². The van der Waals surface area contributed by atoms with E-state index in [2.05, 4.69) is 5.32 Å². The number of ether oxygens (including phenoxy) is 1. The Bertz CT molecular complexity index is 749. The number of nitrogens with zero attached hydrogens (tertiary/aromatic N) is 1. The van der Waals surface area contributed by atoms with Crippen LogP contribution in [0.2, 0.25) is 0 Å². The minimum absolute atomic E-state index is 0.0797. The number of likely N-dealkylation sites (tertiary alicyclic amines) is 1. The minimum Gasteiger partial charge on any atom is -0.493 e. The van der Waals surface area contributed by atoms with Gasteiger partial charge < -0.3 is 19.4 Å². The lowest BCUT2D eigenvalue weighted by Crippen LogP contribution is -2.46. The molecule has 1 aliphatic rings. The van der Waals surface area contributed by atoms with Crippen LogP contribution in [0.5, 0.6) is 5.75 Å². The number of benzene rings is 1. The highest BCUT2D eigenvalue weighted by atomic mass is 16.5. The predicted molar refractivity (Wildman–Crippen MR) is 102 cm³/mol. The molecule has 0 atom stereocenters. The van der Waals surface area contributed by atoms with E-state index in [4.69, 9.17) is 9.15 Å². The summed E-state index contributed by atoms with van der Waals surface area (Å²) < 4.78 is 10.8. The number of piperidine rings is 1. The lowest BCUT2D eigenvalue weighted by atomic mass is 10.0. The summed E-state index contributed by atoms with van der Waals surface area (Å²) >= 11 is 0. The average molecular weight is 370 g/mol. The van der Waals surface area contributed by atoms with Gasteiger partial charge in [0.1, 0.15) is 5.75 Å². The fraction of sp³-hybridized carbons (Fsp3) is 0.429. The summed E-state index contributed by atoms with van der Waals surface area (Å²) in [5.41, 5.74) is 1.10. The van der Waals surface area contributed by atoms with Gasteiger partial charge in [-0.05, 0) is 49.9 Å². The molecule has 0 saturated carbocycles. The van der Waals surface area contributed by atoms with E-state index in [-0.39, 0.29) is 17.9 Å². The third kappa shape index (κ3) is 5.36. The number of amides is 2. The molecule has 6 heteroatoms. The van der Waals surface area contributed by atoms with Crippen LogP contribution in [-0.4, -0.2) is 42.5 Å². The highest BCUT2D eigenvalue weighted by molar-refractivity contribution is 5.91. The number of hydrogen-bond acceptors (Lipinski definition) is 4. The normalized spacial score (nSPS) is 14.8. The van der Waals surface area contributed by atoms with Crippen molar-refractivity contribution in [2.45, 2.75) is 38.6 Å². The van der Waals surface area contributed by atoms with Crippen LogP contribution in [0.4, 0.5) is 0 Å². The standard InChI is InChI=1S/C21H26N2O4/c1-16-6-2-3-7-18(16)26-15-5-9-20(24)23-12-10-17(11-13-23)22-21(25)19-8-4-14-27-19/h2-4,6-8,14,17H,5,9-13,15H2,1H3,(H,22,25). The number of hydrogen-bond donors (Lipinski definition) is 1. The largest absolute Gasteiger partial charge is 0.493 e. The molecule has 1 aromatic heterocycles. The zero-order valence-corrected chi connectivity index (χ0v) is 15.6. The second-order valence-electron chi connectivity index (χ2n) is 6.82. The molecule has 2 aromatic rings. The summed E-state index contributed by atoms with van der Waals surface area (Å²) in [7, 11) is 0. The maximum absolute atomic E-state index is 12.4. The first-order valence-corrected chi connectivity index (χ1v) is 9.44. The van der Waals surface area contributed by atoms with E-state index in [1.807, 2.05) is 36.1 Å². The average Bonchev–Trinajstić information content (AvgIpc) is 3.22. The number of aryl methyl sites for hydroxylation is 1. The molecule has 1 aromatic carbocycles. The molecule has 3 rings (SSSR count). The van der Waals surface area contributed by atoms with Crippen molar-refractivity contribution in [2.24, 2.45) is 0 Å². The molecule has 0 spiro atoms. The van der Waals surface area contributed by atoms with Gasteiger partial charge >= 0.3 is 0 Å². The first kappa shape index (κ1) is 19.0. The van der Waals surface area contributed by atoms with Crippen LogP contribution >= 0.6 is 0 Å². The molecular formula is C21H26N2O4. The van der Waals surface area contributed by atoms with Gasteiger partial charge in [0, 0.05) is 25.6 Å². The van der Waals surface area contributed by atoms with Gasteiger partial charge in [0.2, 0.25) is 5.91 Å². The summed E-state index contributed by atoms with van der Waals surface area (Å²) in [5.74, 6) is 1.15. The molecule has 0 bridgehead atoms. The van der Waals surface area contributed by atoms with Gasteiger partial charge in [-0.2, -0.15) is 0 Å². The summed E-state index contributed by atoms with van der Waals surface area (Å²) in [4.78, 5) is 26.2. The van der Waals surface area contributed by atoms with Crippen LogP contribution < -0.4 is 10.1 Å². The maximum atomic E-state index is 12.4. The molecule has 1 aliphatic heterocycles. The zero-order valence-electron chi connectivity index (χ0n) is 15.6. The van der Waals surface area contributed by atoms with E-state index in [0.29, 0.717) is 38.3 Å². The highest BCUT2D eigenvalue weighted by Gasteiger charge is 2.24. The fourth-order valence-corrected chi connectivity index (χ4v) is 3.22. The number of carbonyl (C=O) groups excluding carboxylic acids is 2. The second kappa shape index (κ2) is 9.26. The predicted octanol–water partition coefficient (Wildman–Crippen LogP) is 3.17. The number of furan rings is 1. The SMILES string of the molecule is Cc1ccccc1OCCCC(=O)N1CCC(NC(=O)c2ccco2)CC1. The van der Waals surface area contributed by atoms with Gasteiger partial charge in [0.15, 0.2) is 5.76 Å². The summed E-state index contributed by atoms with van der Waals surface area (Å²) in [6, 6.07) is 11.3. The molecule has 27 heavy (non-hydrogen) atoms. The monoisotopic (exact) mass is 370 g/mol. The fourth-order valence-electron chi connectivity index (χ4n) is 3.22. The topological polar surface area (TPSA) is 71.8 Å². The third-order valence-electron chi connectivity index (χ3n) is 4.81. The summed E-state index contributed by atoms with van der Waals surface area (Å²) in [6.07, 6.45) is 4.19. The number of carbonyl (C=O) groups is 2. The Hall–Kier alpha value is -2.76. The van der Waals surface area contributed by atoms with Crippen LogP contribution in [0.25, 0.3) is 0 Å². The van der Waals surface area contributed by atoms with E-state index in [9.17, 15) is 9.59 Å². The van der Waals surface area contributed by atoms with Crippen molar-refractivity contribution in [2.75, 3.05) is 19.7 Å². The van der Waals surface area contributed by atoms with Crippen LogP contribution in [-0.2, 0) is 4.79 Å². The van der Waals surface area contributed by atoms with Crippen LogP contribution in [0.3, 0.4) is 0 Å². The third-order valence-corrected chi connectivity index (χ3v) is 4.81. The van der Waals surface area contributed by atoms with Gasteiger partial charge in [0.05, 0.1) is 12.9 Å². The molecule has 2 heterocycles. The highest BCUT2D eigenvalue weighted by Crippen LogP contribution is 2.17. The lowest BCUT2D eigenvalue weighted by molar-refractivity contribution is -0.132. The number of nitrogens with one attached hydrogen (secondary N) is 1. The smallest absolute Gasteiger partial charge is 0.287 e. The molecule has 6 nitrogen and oxygen atoms in total. The van der Waals surface area contributed by atoms with Crippen molar-refractivity contribution in [3.63, 3.8) is 0 Å². The molecule has 1 saturated heterocycles. The zero-order chi connectivity index (χ0) is 19.1. The Morgan fingerprint density at radius 3 is 2.67 bits per heavy atom. The molecule has 144 valence electrons.